The molecule has 2 nitrogen and oxygen atoms in total. The monoisotopic (exact) mass is 175 g/mol. The Morgan fingerprint density at radius 2 is 2.09 bits per heavy atom. The Morgan fingerprint density at radius 3 is 2.45 bits per heavy atom. The first-order valence-electron chi connectivity index (χ1n) is 4.03. The van der Waals surface area contributed by atoms with Crippen LogP contribution < -0.4 is 0 Å². The van der Waals surface area contributed by atoms with E-state index in [0.29, 0.717) is 6.04 Å². The Balaban J connectivity index is 3.80. The van der Waals surface area contributed by atoms with Crippen molar-refractivity contribution in [3.05, 3.63) is 0 Å². The van der Waals surface area contributed by atoms with E-state index in [1.165, 1.54) is 11.8 Å². The molecule has 1 atom stereocenters. The van der Waals surface area contributed by atoms with Crippen molar-refractivity contribution in [1.82, 2.24) is 4.90 Å². The van der Waals surface area contributed by atoms with E-state index in [0.717, 1.165) is 12.2 Å². The third-order valence-corrected chi connectivity index (χ3v) is 2.63. The van der Waals surface area contributed by atoms with Crippen LogP contribution in [0.5, 0.6) is 0 Å². The average Bonchev–Trinajstić information content (AvgIpc) is 2.02. The molecule has 0 spiro atoms. The average molecular weight is 175 g/mol. The van der Waals surface area contributed by atoms with Gasteiger partial charge in [0.15, 0.2) is 0 Å². The first kappa shape index (κ1) is 10.8. The molecule has 3 heteroatoms. The molecule has 0 bridgehead atoms. The molecule has 66 valence electrons. The van der Waals surface area contributed by atoms with Crippen molar-refractivity contribution in [2.45, 2.75) is 33.2 Å². The van der Waals surface area contributed by atoms with Crippen LogP contribution in [-0.4, -0.2) is 29.0 Å². The summed E-state index contributed by atoms with van der Waals surface area (Å²) in [4.78, 5) is 13.0. The molecular weight excluding hydrogens is 158 g/mol. The number of amides is 1. The first-order chi connectivity index (χ1) is 5.13. The van der Waals surface area contributed by atoms with Crippen LogP contribution in [0.25, 0.3) is 0 Å². The highest BCUT2D eigenvalue weighted by molar-refractivity contribution is 8.13. The predicted molar refractivity (Wildman–Crippen MR) is 51.0 cm³/mol. The van der Waals surface area contributed by atoms with Gasteiger partial charge in [-0.1, -0.05) is 25.6 Å². The van der Waals surface area contributed by atoms with Gasteiger partial charge < -0.3 is 4.90 Å². The van der Waals surface area contributed by atoms with Gasteiger partial charge in [0.05, 0.1) is 0 Å². The van der Waals surface area contributed by atoms with Gasteiger partial charge in [-0.15, -0.1) is 0 Å². The van der Waals surface area contributed by atoms with Gasteiger partial charge in [-0.3, -0.25) is 4.79 Å². The van der Waals surface area contributed by atoms with Gasteiger partial charge in [-0.25, -0.2) is 0 Å². The van der Waals surface area contributed by atoms with E-state index >= 15 is 0 Å². The topological polar surface area (TPSA) is 20.3 Å². The Morgan fingerprint density at radius 1 is 1.55 bits per heavy atom. The van der Waals surface area contributed by atoms with Gasteiger partial charge in [0.2, 0.25) is 0 Å². The van der Waals surface area contributed by atoms with Crippen LogP contribution in [0.2, 0.25) is 0 Å². The van der Waals surface area contributed by atoms with Crippen LogP contribution in [-0.2, 0) is 0 Å². The van der Waals surface area contributed by atoms with E-state index < -0.39 is 0 Å². The largest absolute Gasteiger partial charge is 0.334 e. The molecular formula is C8H17NOS. The molecule has 0 saturated heterocycles. The van der Waals surface area contributed by atoms with Gasteiger partial charge >= 0.3 is 0 Å². The van der Waals surface area contributed by atoms with Crippen LogP contribution in [0, 0.1) is 0 Å². The maximum Gasteiger partial charge on any atom is 0.281 e. The lowest BCUT2D eigenvalue weighted by molar-refractivity contribution is 0.218. The summed E-state index contributed by atoms with van der Waals surface area (Å²) in [7, 11) is 1.86. The predicted octanol–water partition coefficient (Wildman–Crippen LogP) is 2.59. The van der Waals surface area contributed by atoms with Gasteiger partial charge in [0.1, 0.15) is 0 Å². The number of hydrogen-bond acceptors (Lipinski definition) is 2. The second-order valence-electron chi connectivity index (χ2n) is 2.57. The minimum Gasteiger partial charge on any atom is -0.334 e. The van der Waals surface area contributed by atoms with Crippen molar-refractivity contribution in [1.29, 1.82) is 0 Å². The molecule has 1 amide bonds. The zero-order chi connectivity index (χ0) is 8.85. The summed E-state index contributed by atoms with van der Waals surface area (Å²) in [6.45, 7) is 6.15. The molecule has 0 aromatic rings. The fraction of sp³-hybridized carbons (Fsp3) is 0.875. The maximum absolute atomic E-state index is 11.2. The van der Waals surface area contributed by atoms with Crippen molar-refractivity contribution >= 4 is 17.0 Å². The summed E-state index contributed by atoms with van der Waals surface area (Å²) in [5, 5.41) is 0.182. The number of thioether (sulfide) groups is 1. The van der Waals surface area contributed by atoms with Gasteiger partial charge in [-0.2, -0.15) is 0 Å². The Kier molecular flexibility index (Phi) is 5.38. The first-order valence-corrected chi connectivity index (χ1v) is 5.01. The van der Waals surface area contributed by atoms with Crippen LogP contribution in [0.1, 0.15) is 27.2 Å². The minimum absolute atomic E-state index is 0.182. The molecule has 0 N–H and O–H groups in total. The summed E-state index contributed by atoms with van der Waals surface area (Å²) in [6.07, 6.45) is 1.02. The zero-order valence-electron chi connectivity index (χ0n) is 7.76. The Labute approximate surface area is 73.3 Å². The molecule has 0 radical (unpaired) electrons. The van der Waals surface area contributed by atoms with Gasteiger partial charge in [0.25, 0.3) is 5.24 Å². The fourth-order valence-electron chi connectivity index (χ4n) is 0.679. The van der Waals surface area contributed by atoms with Crippen LogP contribution in [0.4, 0.5) is 4.79 Å². The van der Waals surface area contributed by atoms with Crippen molar-refractivity contribution < 1.29 is 4.79 Å². The van der Waals surface area contributed by atoms with Crippen molar-refractivity contribution in [3.8, 4) is 0 Å². The second-order valence-corrected chi connectivity index (χ2v) is 3.78. The molecule has 0 rings (SSSR count). The molecule has 0 aromatic carbocycles. The minimum atomic E-state index is 0.182. The van der Waals surface area contributed by atoms with E-state index in [1.54, 1.807) is 4.90 Å². The van der Waals surface area contributed by atoms with E-state index in [2.05, 4.69) is 13.8 Å². The lowest BCUT2D eigenvalue weighted by Crippen LogP contribution is -2.31. The Bertz CT molecular complexity index is 127. The van der Waals surface area contributed by atoms with Crippen molar-refractivity contribution in [2.24, 2.45) is 0 Å². The standard InChI is InChI=1S/C8H17NOS/c1-5-7(3)9(4)8(10)11-6-2/h7H,5-6H2,1-4H3. The van der Waals surface area contributed by atoms with E-state index in [-0.39, 0.29) is 5.24 Å². The molecule has 0 aliphatic carbocycles. The summed E-state index contributed by atoms with van der Waals surface area (Å²) in [6, 6.07) is 0.363. The lowest BCUT2D eigenvalue weighted by Gasteiger charge is -2.22. The van der Waals surface area contributed by atoms with Crippen LogP contribution in [0.15, 0.2) is 0 Å². The molecule has 0 heterocycles. The highest BCUT2D eigenvalue weighted by Gasteiger charge is 2.12. The van der Waals surface area contributed by atoms with Crippen LogP contribution in [0.3, 0.4) is 0 Å². The number of hydrogen-bond donors (Lipinski definition) is 0. The van der Waals surface area contributed by atoms with Crippen LogP contribution >= 0.6 is 11.8 Å². The molecule has 0 saturated carbocycles. The summed E-state index contributed by atoms with van der Waals surface area (Å²) in [5.74, 6) is 0.861. The summed E-state index contributed by atoms with van der Waals surface area (Å²) < 4.78 is 0. The quantitative estimate of drug-likeness (QED) is 0.657. The summed E-state index contributed by atoms with van der Waals surface area (Å²) in [5.41, 5.74) is 0. The molecule has 1 unspecified atom stereocenters. The number of rotatable bonds is 3. The van der Waals surface area contributed by atoms with E-state index in [1.807, 2.05) is 14.0 Å². The summed E-state index contributed by atoms with van der Waals surface area (Å²) >= 11 is 1.37. The second kappa shape index (κ2) is 5.47. The molecule has 0 fully saturated rings. The third-order valence-electron chi connectivity index (χ3n) is 1.81. The maximum atomic E-state index is 11.2. The normalized spacial score (nSPS) is 12.7. The molecule has 11 heavy (non-hydrogen) atoms. The van der Waals surface area contributed by atoms with Gasteiger partial charge in [0, 0.05) is 13.1 Å². The molecule has 0 aliphatic heterocycles. The van der Waals surface area contributed by atoms with E-state index in [9.17, 15) is 4.79 Å². The highest BCUT2D eigenvalue weighted by Crippen LogP contribution is 2.10. The van der Waals surface area contributed by atoms with Gasteiger partial charge in [-0.05, 0) is 19.1 Å². The lowest BCUT2D eigenvalue weighted by atomic mass is 10.2. The number of nitrogens with zero attached hydrogens (tertiary/aromatic N) is 1. The number of carbonyl (C=O) groups is 1. The zero-order valence-corrected chi connectivity index (χ0v) is 8.57. The SMILES string of the molecule is CCSC(=O)N(C)C(C)CC. The van der Waals surface area contributed by atoms with E-state index in [4.69, 9.17) is 0 Å². The Hall–Kier alpha value is -0.180. The smallest absolute Gasteiger partial charge is 0.281 e. The van der Waals surface area contributed by atoms with Crippen molar-refractivity contribution in [2.75, 3.05) is 12.8 Å². The molecule has 0 aliphatic rings. The number of carbonyl (C=O) groups excluding carboxylic acids is 1. The van der Waals surface area contributed by atoms with Crippen molar-refractivity contribution in [3.63, 3.8) is 0 Å². The third kappa shape index (κ3) is 3.65. The fourth-order valence-corrected chi connectivity index (χ4v) is 1.31. The highest BCUT2D eigenvalue weighted by atomic mass is 32.2. The molecule has 0 aromatic heterocycles.